The Bertz CT molecular complexity index is 600. The number of carbonyl (C=O) groups is 1. The van der Waals surface area contributed by atoms with Gasteiger partial charge in [0.2, 0.25) is 0 Å². The van der Waals surface area contributed by atoms with E-state index in [1.165, 1.54) is 18.2 Å². The number of hydrogen-bond donors (Lipinski definition) is 1. The maximum absolute atomic E-state index is 11.1. The summed E-state index contributed by atoms with van der Waals surface area (Å²) in [6.07, 6.45) is -0.487. The SMILES string of the molecule is COC(=O)Nc1ccc(OCc2cc(C)cc(C)c2)cc1. The summed E-state index contributed by atoms with van der Waals surface area (Å²) < 4.78 is 10.3. The van der Waals surface area contributed by atoms with Crippen molar-refractivity contribution in [2.24, 2.45) is 0 Å². The molecule has 0 radical (unpaired) electrons. The first-order chi connectivity index (χ1) is 10.1. The molecule has 0 aliphatic rings. The monoisotopic (exact) mass is 285 g/mol. The van der Waals surface area contributed by atoms with Crippen LogP contribution in [-0.4, -0.2) is 13.2 Å². The van der Waals surface area contributed by atoms with E-state index in [9.17, 15) is 4.79 Å². The highest BCUT2D eigenvalue weighted by Crippen LogP contribution is 2.18. The molecular formula is C17H19NO3. The Kier molecular flexibility index (Phi) is 4.82. The van der Waals surface area contributed by atoms with Crippen molar-refractivity contribution in [1.29, 1.82) is 0 Å². The summed E-state index contributed by atoms with van der Waals surface area (Å²) in [5, 5.41) is 2.59. The van der Waals surface area contributed by atoms with Gasteiger partial charge in [0, 0.05) is 5.69 Å². The van der Waals surface area contributed by atoms with Crippen LogP contribution in [0.4, 0.5) is 10.5 Å². The minimum absolute atomic E-state index is 0.487. The second kappa shape index (κ2) is 6.79. The fourth-order valence-corrected chi connectivity index (χ4v) is 2.12. The predicted octanol–water partition coefficient (Wildman–Crippen LogP) is 4.06. The number of ether oxygens (including phenoxy) is 2. The van der Waals surface area contributed by atoms with E-state index in [0.717, 1.165) is 11.3 Å². The van der Waals surface area contributed by atoms with Crippen molar-refractivity contribution in [2.75, 3.05) is 12.4 Å². The molecule has 1 N–H and O–H groups in total. The average Bonchev–Trinajstić information content (AvgIpc) is 2.45. The van der Waals surface area contributed by atoms with Crippen molar-refractivity contribution >= 4 is 11.8 Å². The van der Waals surface area contributed by atoms with E-state index < -0.39 is 6.09 Å². The zero-order valence-electron chi connectivity index (χ0n) is 12.5. The molecule has 2 aromatic carbocycles. The Morgan fingerprint density at radius 1 is 1.05 bits per heavy atom. The molecule has 1 amide bonds. The number of aryl methyl sites for hydroxylation is 2. The number of hydrogen-bond acceptors (Lipinski definition) is 3. The van der Waals surface area contributed by atoms with E-state index in [1.807, 2.05) is 12.1 Å². The lowest BCUT2D eigenvalue weighted by Crippen LogP contribution is -2.10. The van der Waals surface area contributed by atoms with Crippen molar-refractivity contribution in [1.82, 2.24) is 0 Å². The lowest BCUT2D eigenvalue weighted by Gasteiger charge is -2.09. The van der Waals surface area contributed by atoms with Crippen LogP contribution in [0.5, 0.6) is 5.75 Å². The number of anilines is 1. The number of benzene rings is 2. The van der Waals surface area contributed by atoms with Gasteiger partial charge in [-0.05, 0) is 43.7 Å². The first-order valence-electron chi connectivity index (χ1n) is 6.72. The van der Waals surface area contributed by atoms with Gasteiger partial charge in [0.1, 0.15) is 12.4 Å². The van der Waals surface area contributed by atoms with Gasteiger partial charge in [-0.1, -0.05) is 29.3 Å². The Labute approximate surface area is 124 Å². The highest BCUT2D eigenvalue weighted by Gasteiger charge is 2.02. The van der Waals surface area contributed by atoms with Crippen LogP contribution in [0.25, 0.3) is 0 Å². The molecule has 0 aromatic heterocycles. The third-order valence-electron chi connectivity index (χ3n) is 2.97. The van der Waals surface area contributed by atoms with Crippen molar-refractivity contribution in [3.63, 3.8) is 0 Å². The highest BCUT2D eigenvalue weighted by atomic mass is 16.5. The number of methoxy groups -OCH3 is 1. The molecular weight excluding hydrogens is 266 g/mol. The van der Waals surface area contributed by atoms with Crippen LogP contribution in [0.3, 0.4) is 0 Å². The van der Waals surface area contributed by atoms with Crippen LogP contribution in [0.2, 0.25) is 0 Å². The van der Waals surface area contributed by atoms with Crippen molar-refractivity contribution in [2.45, 2.75) is 20.5 Å². The van der Waals surface area contributed by atoms with Gasteiger partial charge in [-0.15, -0.1) is 0 Å². The summed E-state index contributed by atoms with van der Waals surface area (Å²) >= 11 is 0. The summed E-state index contributed by atoms with van der Waals surface area (Å²) in [7, 11) is 1.33. The second-order valence-corrected chi connectivity index (χ2v) is 4.93. The van der Waals surface area contributed by atoms with Crippen LogP contribution >= 0.6 is 0 Å². The van der Waals surface area contributed by atoms with Crippen LogP contribution in [0, 0.1) is 13.8 Å². The zero-order valence-corrected chi connectivity index (χ0v) is 12.5. The molecule has 21 heavy (non-hydrogen) atoms. The molecule has 0 aliphatic carbocycles. The average molecular weight is 285 g/mol. The molecule has 0 unspecified atom stereocenters. The Hall–Kier alpha value is -2.49. The van der Waals surface area contributed by atoms with Gasteiger partial charge >= 0.3 is 6.09 Å². The van der Waals surface area contributed by atoms with Gasteiger partial charge in [0.25, 0.3) is 0 Å². The summed E-state index contributed by atoms with van der Waals surface area (Å²) in [5.74, 6) is 0.754. The van der Waals surface area contributed by atoms with E-state index in [0.29, 0.717) is 12.3 Å². The summed E-state index contributed by atoms with van der Waals surface area (Å²) in [4.78, 5) is 11.1. The Morgan fingerprint density at radius 2 is 1.67 bits per heavy atom. The van der Waals surface area contributed by atoms with Crippen molar-refractivity contribution in [3.05, 3.63) is 59.2 Å². The molecule has 0 aliphatic heterocycles. The molecule has 2 aromatic rings. The maximum atomic E-state index is 11.1. The quantitative estimate of drug-likeness (QED) is 0.921. The first-order valence-corrected chi connectivity index (χ1v) is 6.72. The van der Waals surface area contributed by atoms with Gasteiger partial charge in [-0.3, -0.25) is 5.32 Å². The Balaban J connectivity index is 1.95. The minimum Gasteiger partial charge on any atom is -0.489 e. The van der Waals surface area contributed by atoms with Gasteiger partial charge < -0.3 is 9.47 Å². The number of amides is 1. The fourth-order valence-electron chi connectivity index (χ4n) is 2.12. The van der Waals surface area contributed by atoms with E-state index in [1.54, 1.807) is 12.1 Å². The summed E-state index contributed by atoms with van der Waals surface area (Å²) in [6.45, 7) is 4.67. The number of carbonyl (C=O) groups excluding carboxylic acids is 1. The molecule has 0 bridgehead atoms. The molecule has 0 saturated heterocycles. The first kappa shape index (κ1) is 14.9. The number of nitrogens with one attached hydrogen (secondary N) is 1. The minimum atomic E-state index is -0.487. The van der Waals surface area contributed by atoms with E-state index >= 15 is 0 Å². The molecule has 0 atom stereocenters. The summed E-state index contributed by atoms with van der Waals surface area (Å²) in [6, 6.07) is 13.5. The Morgan fingerprint density at radius 3 is 2.24 bits per heavy atom. The van der Waals surface area contributed by atoms with Gasteiger partial charge in [-0.2, -0.15) is 0 Å². The van der Waals surface area contributed by atoms with Crippen LogP contribution in [-0.2, 0) is 11.3 Å². The van der Waals surface area contributed by atoms with E-state index in [-0.39, 0.29) is 0 Å². The maximum Gasteiger partial charge on any atom is 0.411 e. The largest absolute Gasteiger partial charge is 0.489 e. The topological polar surface area (TPSA) is 47.6 Å². The van der Waals surface area contributed by atoms with Crippen LogP contribution in [0.1, 0.15) is 16.7 Å². The van der Waals surface area contributed by atoms with Gasteiger partial charge in [0.15, 0.2) is 0 Å². The van der Waals surface area contributed by atoms with E-state index in [4.69, 9.17) is 4.74 Å². The molecule has 0 heterocycles. The second-order valence-electron chi connectivity index (χ2n) is 4.93. The summed E-state index contributed by atoms with van der Waals surface area (Å²) in [5.41, 5.74) is 4.27. The normalized spacial score (nSPS) is 10.0. The molecule has 2 rings (SSSR count). The highest BCUT2D eigenvalue weighted by molar-refractivity contribution is 5.84. The third kappa shape index (κ3) is 4.53. The molecule has 110 valence electrons. The molecule has 0 spiro atoms. The van der Waals surface area contributed by atoms with Crippen molar-refractivity contribution in [3.8, 4) is 5.75 Å². The smallest absolute Gasteiger partial charge is 0.411 e. The van der Waals surface area contributed by atoms with Crippen LogP contribution < -0.4 is 10.1 Å². The molecule has 0 fully saturated rings. The van der Waals surface area contributed by atoms with E-state index in [2.05, 4.69) is 42.1 Å². The number of rotatable bonds is 4. The zero-order chi connectivity index (χ0) is 15.2. The van der Waals surface area contributed by atoms with Crippen LogP contribution in [0.15, 0.2) is 42.5 Å². The van der Waals surface area contributed by atoms with Crippen molar-refractivity contribution < 1.29 is 14.3 Å². The lowest BCUT2D eigenvalue weighted by atomic mass is 10.1. The standard InChI is InChI=1S/C17H19NO3/c1-12-8-13(2)10-14(9-12)11-21-16-6-4-15(5-7-16)18-17(19)20-3/h4-10H,11H2,1-3H3,(H,18,19). The fraction of sp³-hybridized carbons (Fsp3) is 0.235. The molecule has 4 heteroatoms. The molecule has 0 saturated carbocycles. The lowest BCUT2D eigenvalue weighted by molar-refractivity contribution is 0.187. The van der Waals surface area contributed by atoms with Gasteiger partial charge in [0.05, 0.1) is 7.11 Å². The third-order valence-corrected chi connectivity index (χ3v) is 2.97. The predicted molar refractivity (Wildman–Crippen MR) is 82.7 cm³/mol. The van der Waals surface area contributed by atoms with Gasteiger partial charge in [-0.25, -0.2) is 4.79 Å². The molecule has 4 nitrogen and oxygen atoms in total.